The van der Waals surface area contributed by atoms with Crippen molar-refractivity contribution >= 4 is 11.6 Å². The van der Waals surface area contributed by atoms with Crippen LogP contribution in [0.2, 0.25) is 5.15 Å². The highest BCUT2D eigenvalue weighted by atomic mass is 35.5. The molecular weight excluding hydrogens is 196 g/mol. The van der Waals surface area contributed by atoms with Gasteiger partial charge in [-0.3, -0.25) is 0 Å². The lowest BCUT2D eigenvalue weighted by Gasteiger charge is -2.18. The average molecular weight is 213 g/mol. The van der Waals surface area contributed by atoms with Crippen molar-refractivity contribution in [1.29, 1.82) is 0 Å². The summed E-state index contributed by atoms with van der Waals surface area (Å²) in [5.41, 5.74) is 1.18. The molecule has 3 heteroatoms. The molecule has 0 aliphatic rings. The lowest BCUT2D eigenvalue weighted by molar-refractivity contribution is 0.468. The van der Waals surface area contributed by atoms with Crippen molar-refractivity contribution in [1.82, 2.24) is 10.3 Å². The molecule has 0 aliphatic carbocycles. The summed E-state index contributed by atoms with van der Waals surface area (Å²) in [5, 5.41) is 4.03. The van der Waals surface area contributed by atoms with Crippen LogP contribution in [0, 0.1) is 0 Å². The van der Waals surface area contributed by atoms with Crippen LogP contribution in [0.15, 0.2) is 18.3 Å². The molecule has 2 atom stereocenters. The molecule has 1 rings (SSSR count). The Morgan fingerprint density at radius 3 is 2.64 bits per heavy atom. The Hall–Kier alpha value is -0.600. The lowest BCUT2D eigenvalue weighted by Crippen LogP contribution is -2.28. The minimum atomic E-state index is 0.328. The Labute approximate surface area is 90.7 Å². The van der Waals surface area contributed by atoms with E-state index < -0.39 is 0 Å². The molecular formula is C11H17ClN2. The zero-order chi connectivity index (χ0) is 10.6. The number of hydrogen-bond donors (Lipinski definition) is 1. The second kappa shape index (κ2) is 5.32. The quantitative estimate of drug-likeness (QED) is 0.776. The number of aromatic nitrogens is 1. The van der Waals surface area contributed by atoms with Gasteiger partial charge in [0.15, 0.2) is 0 Å². The molecule has 78 valence electrons. The van der Waals surface area contributed by atoms with E-state index in [0.717, 1.165) is 6.42 Å². The summed E-state index contributed by atoms with van der Waals surface area (Å²) in [4.78, 5) is 4.06. The topological polar surface area (TPSA) is 24.9 Å². The Bertz CT molecular complexity index is 271. The van der Waals surface area contributed by atoms with Gasteiger partial charge in [-0.05, 0) is 31.9 Å². The molecule has 0 saturated heterocycles. The SMILES string of the molecule is CCC(C)NC(C)c1ccc(Cl)nc1. The average Bonchev–Trinajstić information content (AvgIpc) is 2.18. The Morgan fingerprint density at radius 1 is 1.43 bits per heavy atom. The standard InChI is InChI=1S/C11H17ClN2/c1-4-8(2)14-9(3)10-5-6-11(12)13-7-10/h5-9,14H,4H2,1-3H3. The Kier molecular flexibility index (Phi) is 4.36. The predicted octanol–water partition coefficient (Wildman–Crippen LogP) is 3.18. The van der Waals surface area contributed by atoms with Gasteiger partial charge in [0.1, 0.15) is 5.15 Å². The molecule has 2 nitrogen and oxygen atoms in total. The smallest absolute Gasteiger partial charge is 0.129 e. The van der Waals surface area contributed by atoms with Crippen molar-refractivity contribution in [3.8, 4) is 0 Å². The van der Waals surface area contributed by atoms with Gasteiger partial charge in [0.2, 0.25) is 0 Å². The molecule has 1 N–H and O–H groups in total. The largest absolute Gasteiger partial charge is 0.308 e. The van der Waals surface area contributed by atoms with E-state index in [9.17, 15) is 0 Å². The summed E-state index contributed by atoms with van der Waals surface area (Å²) >= 11 is 5.72. The second-order valence-corrected chi connectivity index (χ2v) is 4.00. The van der Waals surface area contributed by atoms with Gasteiger partial charge in [-0.25, -0.2) is 4.98 Å². The molecule has 2 unspecified atom stereocenters. The fourth-order valence-corrected chi connectivity index (χ4v) is 1.40. The molecule has 0 radical (unpaired) electrons. The first-order valence-corrected chi connectivity index (χ1v) is 5.38. The van der Waals surface area contributed by atoms with Gasteiger partial charge < -0.3 is 5.32 Å². The third-order valence-corrected chi connectivity index (χ3v) is 2.62. The lowest BCUT2D eigenvalue weighted by atomic mass is 10.1. The van der Waals surface area contributed by atoms with Crippen molar-refractivity contribution in [2.24, 2.45) is 0 Å². The van der Waals surface area contributed by atoms with Crippen molar-refractivity contribution in [2.45, 2.75) is 39.3 Å². The molecule has 14 heavy (non-hydrogen) atoms. The van der Waals surface area contributed by atoms with Gasteiger partial charge in [-0.2, -0.15) is 0 Å². The number of halogens is 1. The van der Waals surface area contributed by atoms with Gasteiger partial charge in [0.05, 0.1) is 0 Å². The number of nitrogens with zero attached hydrogens (tertiary/aromatic N) is 1. The number of nitrogens with one attached hydrogen (secondary N) is 1. The maximum atomic E-state index is 5.72. The Balaban J connectivity index is 2.60. The fourth-order valence-electron chi connectivity index (χ4n) is 1.28. The minimum Gasteiger partial charge on any atom is -0.308 e. The first kappa shape index (κ1) is 11.5. The van der Waals surface area contributed by atoms with E-state index in [1.807, 2.05) is 18.3 Å². The van der Waals surface area contributed by atoms with Gasteiger partial charge in [0, 0.05) is 18.3 Å². The van der Waals surface area contributed by atoms with Crippen LogP contribution in [-0.2, 0) is 0 Å². The van der Waals surface area contributed by atoms with Crippen LogP contribution in [0.3, 0.4) is 0 Å². The summed E-state index contributed by atoms with van der Waals surface area (Å²) in [7, 11) is 0. The molecule has 0 fully saturated rings. The van der Waals surface area contributed by atoms with E-state index in [4.69, 9.17) is 11.6 Å². The molecule has 0 aromatic carbocycles. The van der Waals surface area contributed by atoms with E-state index in [1.165, 1.54) is 5.56 Å². The van der Waals surface area contributed by atoms with Gasteiger partial charge in [-0.1, -0.05) is 24.6 Å². The van der Waals surface area contributed by atoms with Crippen molar-refractivity contribution in [3.63, 3.8) is 0 Å². The van der Waals surface area contributed by atoms with Crippen LogP contribution in [0.25, 0.3) is 0 Å². The van der Waals surface area contributed by atoms with E-state index in [2.05, 4.69) is 31.1 Å². The molecule has 1 heterocycles. The molecule has 1 aromatic rings. The van der Waals surface area contributed by atoms with Gasteiger partial charge in [-0.15, -0.1) is 0 Å². The van der Waals surface area contributed by atoms with Gasteiger partial charge in [0.25, 0.3) is 0 Å². The summed E-state index contributed by atoms with van der Waals surface area (Å²) in [6.45, 7) is 6.49. The van der Waals surface area contributed by atoms with Crippen LogP contribution < -0.4 is 5.32 Å². The molecule has 0 saturated carbocycles. The summed E-state index contributed by atoms with van der Waals surface area (Å²) in [6.07, 6.45) is 2.95. The maximum absolute atomic E-state index is 5.72. The number of pyridine rings is 1. The van der Waals surface area contributed by atoms with E-state index >= 15 is 0 Å². The molecule has 0 bridgehead atoms. The van der Waals surface area contributed by atoms with Crippen LogP contribution in [-0.4, -0.2) is 11.0 Å². The molecule has 0 spiro atoms. The van der Waals surface area contributed by atoms with Crippen molar-refractivity contribution < 1.29 is 0 Å². The van der Waals surface area contributed by atoms with E-state index in [1.54, 1.807) is 0 Å². The summed E-state index contributed by atoms with van der Waals surface area (Å²) < 4.78 is 0. The normalized spacial score (nSPS) is 15.1. The predicted molar refractivity (Wildman–Crippen MR) is 60.6 cm³/mol. The molecule has 0 aliphatic heterocycles. The van der Waals surface area contributed by atoms with Gasteiger partial charge >= 0.3 is 0 Å². The highest BCUT2D eigenvalue weighted by molar-refractivity contribution is 6.29. The van der Waals surface area contributed by atoms with Crippen molar-refractivity contribution in [3.05, 3.63) is 29.0 Å². The first-order chi connectivity index (χ1) is 6.63. The summed E-state index contributed by atoms with van der Waals surface area (Å²) in [6, 6.07) is 4.69. The van der Waals surface area contributed by atoms with Crippen molar-refractivity contribution in [2.75, 3.05) is 0 Å². The molecule has 1 aromatic heterocycles. The minimum absolute atomic E-state index is 0.328. The third kappa shape index (κ3) is 3.28. The van der Waals surface area contributed by atoms with Crippen LogP contribution in [0.1, 0.15) is 38.8 Å². The maximum Gasteiger partial charge on any atom is 0.129 e. The molecule has 0 amide bonds. The van der Waals surface area contributed by atoms with Crippen LogP contribution in [0.4, 0.5) is 0 Å². The number of rotatable bonds is 4. The second-order valence-electron chi connectivity index (χ2n) is 3.61. The third-order valence-electron chi connectivity index (χ3n) is 2.40. The highest BCUT2D eigenvalue weighted by Crippen LogP contribution is 2.14. The zero-order valence-corrected chi connectivity index (χ0v) is 9.67. The Morgan fingerprint density at radius 2 is 2.14 bits per heavy atom. The fraction of sp³-hybridized carbons (Fsp3) is 0.545. The van der Waals surface area contributed by atoms with E-state index in [-0.39, 0.29) is 0 Å². The zero-order valence-electron chi connectivity index (χ0n) is 8.92. The summed E-state index contributed by atoms with van der Waals surface area (Å²) in [5.74, 6) is 0. The first-order valence-electron chi connectivity index (χ1n) is 5.01. The van der Waals surface area contributed by atoms with Crippen LogP contribution >= 0.6 is 11.6 Å². The van der Waals surface area contributed by atoms with Crippen LogP contribution in [0.5, 0.6) is 0 Å². The number of hydrogen-bond acceptors (Lipinski definition) is 2. The van der Waals surface area contributed by atoms with E-state index in [0.29, 0.717) is 17.2 Å². The monoisotopic (exact) mass is 212 g/mol. The highest BCUT2D eigenvalue weighted by Gasteiger charge is 2.07.